The van der Waals surface area contributed by atoms with Crippen molar-refractivity contribution in [2.45, 2.75) is 17.6 Å². The van der Waals surface area contributed by atoms with E-state index in [1.807, 2.05) is 18.2 Å². The first-order valence-electron chi connectivity index (χ1n) is 7.44. The fraction of sp³-hybridized carbons (Fsp3) is 0.222. The minimum atomic E-state index is 0.537. The fourth-order valence-electron chi connectivity index (χ4n) is 2.19. The van der Waals surface area contributed by atoms with Crippen LogP contribution in [-0.4, -0.2) is 24.4 Å². The summed E-state index contributed by atoms with van der Waals surface area (Å²) in [4.78, 5) is 5.62. The fourth-order valence-corrected chi connectivity index (χ4v) is 2.92. The molecule has 5 nitrogen and oxygen atoms in total. The number of hydrogen-bond acceptors (Lipinski definition) is 6. The molecule has 0 saturated carbocycles. The highest BCUT2D eigenvalue weighted by Crippen LogP contribution is 2.31. The number of methoxy groups -OCH3 is 2. The summed E-state index contributed by atoms with van der Waals surface area (Å²) in [5.41, 5.74) is 2.07. The maximum atomic E-state index is 5.34. The van der Waals surface area contributed by atoms with Crippen LogP contribution in [0.5, 0.6) is 11.5 Å². The summed E-state index contributed by atoms with van der Waals surface area (Å²) in [7, 11) is 3.20. The first-order valence-corrected chi connectivity index (χ1v) is 8.42. The molecule has 6 heteroatoms. The van der Waals surface area contributed by atoms with Crippen LogP contribution in [0.25, 0.3) is 11.4 Å². The summed E-state index contributed by atoms with van der Waals surface area (Å²) in [6.45, 7) is 2.07. The molecule has 0 unspecified atom stereocenters. The molecule has 0 aliphatic carbocycles. The summed E-state index contributed by atoms with van der Waals surface area (Å²) >= 11 is 1.66. The standard InChI is InChI=1S/C18H18N2O3S/c1-12-4-7-14(8-5-12)24-11-17-19-18(20-23-17)13-6-9-15(21-2)16(10-13)22-3/h4-10H,11H2,1-3H3. The van der Waals surface area contributed by atoms with Gasteiger partial charge in [-0.2, -0.15) is 4.98 Å². The number of aromatic nitrogens is 2. The van der Waals surface area contributed by atoms with Crippen LogP contribution in [0.15, 0.2) is 51.9 Å². The third-order valence-electron chi connectivity index (χ3n) is 3.49. The maximum absolute atomic E-state index is 5.34. The first-order chi connectivity index (χ1) is 11.7. The second kappa shape index (κ2) is 7.40. The van der Waals surface area contributed by atoms with E-state index in [0.29, 0.717) is 29.0 Å². The van der Waals surface area contributed by atoms with Crippen molar-refractivity contribution in [3.8, 4) is 22.9 Å². The van der Waals surface area contributed by atoms with Crippen molar-refractivity contribution in [2.24, 2.45) is 0 Å². The highest BCUT2D eigenvalue weighted by atomic mass is 32.2. The molecule has 0 radical (unpaired) electrons. The molecule has 1 aromatic heterocycles. The molecule has 0 spiro atoms. The highest BCUT2D eigenvalue weighted by molar-refractivity contribution is 7.98. The first kappa shape index (κ1) is 16.4. The van der Waals surface area contributed by atoms with Crippen LogP contribution < -0.4 is 9.47 Å². The highest BCUT2D eigenvalue weighted by Gasteiger charge is 2.12. The summed E-state index contributed by atoms with van der Waals surface area (Å²) in [5.74, 6) is 3.06. The Morgan fingerprint density at radius 2 is 1.75 bits per heavy atom. The Labute approximate surface area is 145 Å². The quantitative estimate of drug-likeness (QED) is 0.621. The number of thioether (sulfide) groups is 1. The summed E-state index contributed by atoms with van der Waals surface area (Å²) in [5, 5.41) is 4.05. The van der Waals surface area contributed by atoms with Crippen LogP contribution in [0.3, 0.4) is 0 Å². The normalized spacial score (nSPS) is 10.6. The lowest BCUT2D eigenvalue weighted by molar-refractivity contribution is 0.355. The van der Waals surface area contributed by atoms with Crippen LogP contribution in [0.1, 0.15) is 11.5 Å². The lowest BCUT2D eigenvalue weighted by Gasteiger charge is -2.07. The van der Waals surface area contributed by atoms with E-state index in [4.69, 9.17) is 14.0 Å². The van der Waals surface area contributed by atoms with Crippen molar-refractivity contribution in [1.82, 2.24) is 10.1 Å². The van der Waals surface area contributed by atoms with Crippen molar-refractivity contribution in [2.75, 3.05) is 14.2 Å². The zero-order chi connectivity index (χ0) is 16.9. The second-order valence-corrected chi connectivity index (χ2v) is 6.23. The van der Waals surface area contributed by atoms with E-state index >= 15 is 0 Å². The smallest absolute Gasteiger partial charge is 0.237 e. The van der Waals surface area contributed by atoms with Crippen molar-refractivity contribution in [3.05, 3.63) is 53.9 Å². The number of benzene rings is 2. The predicted molar refractivity (Wildman–Crippen MR) is 93.6 cm³/mol. The van der Waals surface area contributed by atoms with Gasteiger partial charge in [-0.1, -0.05) is 22.9 Å². The molecular weight excluding hydrogens is 324 g/mol. The number of rotatable bonds is 6. The third kappa shape index (κ3) is 3.71. The molecule has 0 fully saturated rings. The second-order valence-electron chi connectivity index (χ2n) is 5.18. The van der Waals surface area contributed by atoms with Crippen molar-refractivity contribution in [3.63, 3.8) is 0 Å². The molecular formula is C18H18N2O3S. The molecule has 124 valence electrons. The van der Waals surface area contributed by atoms with Gasteiger partial charge in [0.15, 0.2) is 11.5 Å². The van der Waals surface area contributed by atoms with Gasteiger partial charge in [0.2, 0.25) is 11.7 Å². The van der Waals surface area contributed by atoms with E-state index in [1.54, 1.807) is 26.0 Å². The molecule has 3 aromatic rings. The van der Waals surface area contributed by atoms with E-state index < -0.39 is 0 Å². The van der Waals surface area contributed by atoms with Gasteiger partial charge in [0.05, 0.1) is 20.0 Å². The lowest BCUT2D eigenvalue weighted by atomic mass is 10.2. The Bertz CT molecular complexity index is 815. The van der Waals surface area contributed by atoms with Gasteiger partial charge in [0.25, 0.3) is 0 Å². The van der Waals surface area contributed by atoms with Crippen LogP contribution in [-0.2, 0) is 5.75 Å². The average Bonchev–Trinajstić information content (AvgIpc) is 3.09. The number of aryl methyl sites for hydroxylation is 1. The molecule has 0 atom stereocenters. The van der Waals surface area contributed by atoms with Crippen LogP contribution in [0.4, 0.5) is 0 Å². The molecule has 1 heterocycles. The van der Waals surface area contributed by atoms with Crippen LogP contribution in [0, 0.1) is 6.92 Å². The minimum Gasteiger partial charge on any atom is -0.493 e. The van der Waals surface area contributed by atoms with Gasteiger partial charge < -0.3 is 14.0 Å². The predicted octanol–water partition coefficient (Wildman–Crippen LogP) is 4.35. The SMILES string of the molecule is COc1ccc(-c2noc(CSc3ccc(C)cc3)n2)cc1OC. The molecule has 3 rings (SSSR count). The van der Waals surface area contributed by atoms with Gasteiger partial charge in [0, 0.05) is 10.5 Å². The Hall–Kier alpha value is -2.47. The lowest BCUT2D eigenvalue weighted by Crippen LogP contribution is -1.91. The number of hydrogen-bond donors (Lipinski definition) is 0. The van der Waals surface area contributed by atoms with Gasteiger partial charge in [-0.05, 0) is 37.3 Å². The van der Waals surface area contributed by atoms with E-state index in [-0.39, 0.29) is 0 Å². The average molecular weight is 342 g/mol. The van der Waals surface area contributed by atoms with Gasteiger partial charge in [-0.3, -0.25) is 0 Å². The van der Waals surface area contributed by atoms with Crippen molar-refractivity contribution >= 4 is 11.8 Å². The Kier molecular flexibility index (Phi) is 5.05. The van der Waals surface area contributed by atoms with E-state index in [2.05, 4.69) is 41.3 Å². The number of nitrogens with zero attached hydrogens (tertiary/aromatic N) is 2. The van der Waals surface area contributed by atoms with Crippen LogP contribution in [0.2, 0.25) is 0 Å². The molecule has 0 aliphatic heterocycles. The Morgan fingerprint density at radius 1 is 1.00 bits per heavy atom. The minimum absolute atomic E-state index is 0.537. The number of ether oxygens (including phenoxy) is 2. The van der Waals surface area contributed by atoms with E-state index in [1.165, 1.54) is 10.5 Å². The third-order valence-corrected chi connectivity index (χ3v) is 4.49. The monoisotopic (exact) mass is 342 g/mol. The van der Waals surface area contributed by atoms with Crippen molar-refractivity contribution in [1.29, 1.82) is 0 Å². The van der Waals surface area contributed by atoms with Gasteiger partial charge >= 0.3 is 0 Å². The molecule has 0 saturated heterocycles. The summed E-state index contributed by atoms with van der Waals surface area (Å²) in [6, 6.07) is 13.9. The molecule has 0 aliphatic rings. The van der Waals surface area contributed by atoms with Gasteiger partial charge in [0.1, 0.15) is 0 Å². The molecule has 0 amide bonds. The largest absolute Gasteiger partial charge is 0.493 e. The zero-order valence-corrected chi connectivity index (χ0v) is 14.6. The molecule has 2 aromatic carbocycles. The Morgan fingerprint density at radius 3 is 2.46 bits per heavy atom. The summed E-state index contributed by atoms with van der Waals surface area (Å²) in [6.07, 6.45) is 0. The molecule has 0 bridgehead atoms. The van der Waals surface area contributed by atoms with E-state index in [0.717, 1.165) is 5.56 Å². The topological polar surface area (TPSA) is 57.4 Å². The molecule has 24 heavy (non-hydrogen) atoms. The Balaban J connectivity index is 1.72. The molecule has 0 N–H and O–H groups in total. The van der Waals surface area contributed by atoms with Gasteiger partial charge in [-0.25, -0.2) is 0 Å². The van der Waals surface area contributed by atoms with Crippen molar-refractivity contribution < 1.29 is 14.0 Å². The van der Waals surface area contributed by atoms with Crippen LogP contribution >= 0.6 is 11.8 Å². The maximum Gasteiger partial charge on any atom is 0.237 e. The summed E-state index contributed by atoms with van der Waals surface area (Å²) < 4.78 is 15.9. The van der Waals surface area contributed by atoms with Gasteiger partial charge in [-0.15, -0.1) is 11.8 Å². The zero-order valence-electron chi connectivity index (χ0n) is 13.8. The van der Waals surface area contributed by atoms with E-state index in [9.17, 15) is 0 Å².